The molecular weight excluding hydrogens is 148 g/mol. The third-order valence-corrected chi connectivity index (χ3v) is 3.53. The smallest absolute Gasteiger partial charge is 0.154 e. The van der Waals surface area contributed by atoms with Gasteiger partial charge < -0.3 is 0 Å². The van der Waals surface area contributed by atoms with Gasteiger partial charge in [0.25, 0.3) is 0 Å². The van der Waals surface area contributed by atoms with Gasteiger partial charge in [-0.05, 0) is 24.7 Å². The quantitative estimate of drug-likeness (QED) is 0.492. The summed E-state index contributed by atoms with van der Waals surface area (Å²) in [4.78, 5) is 11.2. The topological polar surface area (TPSA) is 17.1 Å². The zero-order valence-electron chi connectivity index (χ0n) is 6.01. The zero-order valence-corrected chi connectivity index (χ0v) is 6.77. The second-order valence-electron chi connectivity index (χ2n) is 3.61. The molecule has 0 aromatic rings. The van der Waals surface area contributed by atoms with E-state index < -0.39 is 0 Å². The minimum atomic E-state index is -0.145. The van der Waals surface area contributed by atoms with Gasteiger partial charge in [-0.15, -0.1) is 11.6 Å². The van der Waals surface area contributed by atoms with Crippen LogP contribution in [0, 0.1) is 17.8 Å². The van der Waals surface area contributed by atoms with Crippen LogP contribution in [0.3, 0.4) is 0 Å². The van der Waals surface area contributed by atoms with Gasteiger partial charge in [0.05, 0.1) is 5.38 Å². The Balaban J connectivity index is 2.24. The Morgan fingerprint density at radius 1 is 1.50 bits per heavy atom. The van der Waals surface area contributed by atoms with Crippen LogP contribution in [0.1, 0.15) is 19.8 Å². The van der Waals surface area contributed by atoms with E-state index >= 15 is 0 Å². The molecule has 1 nitrogen and oxygen atoms in total. The van der Waals surface area contributed by atoms with Gasteiger partial charge in [0.15, 0.2) is 5.78 Å². The maximum atomic E-state index is 11.2. The van der Waals surface area contributed by atoms with Crippen LogP contribution in [0.5, 0.6) is 0 Å². The molecule has 10 heavy (non-hydrogen) atoms. The molecule has 2 aliphatic carbocycles. The van der Waals surface area contributed by atoms with E-state index in [-0.39, 0.29) is 5.38 Å². The lowest BCUT2D eigenvalue weighted by Crippen LogP contribution is -2.27. The van der Waals surface area contributed by atoms with Crippen LogP contribution < -0.4 is 0 Å². The van der Waals surface area contributed by atoms with Gasteiger partial charge in [0, 0.05) is 5.92 Å². The van der Waals surface area contributed by atoms with E-state index in [0.717, 1.165) is 12.8 Å². The molecule has 0 N–H and O–H groups in total. The first-order chi connectivity index (χ1) is 4.70. The molecule has 4 unspecified atom stereocenters. The molecule has 0 spiro atoms. The highest BCUT2D eigenvalue weighted by Crippen LogP contribution is 2.48. The van der Waals surface area contributed by atoms with Crippen molar-refractivity contribution in [2.75, 3.05) is 0 Å². The maximum absolute atomic E-state index is 11.2. The summed E-state index contributed by atoms with van der Waals surface area (Å²) in [6, 6.07) is 0. The summed E-state index contributed by atoms with van der Waals surface area (Å²) in [5.74, 6) is 1.82. The molecule has 56 valence electrons. The molecule has 0 aromatic carbocycles. The number of Topliss-reactive ketones (excluding diaryl/α,β-unsaturated/α-hetero) is 1. The summed E-state index contributed by atoms with van der Waals surface area (Å²) in [7, 11) is 0. The van der Waals surface area contributed by atoms with Gasteiger partial charge in [-0.3, -0.25) is 4.79 Å². The van der Waals surface area contributed by atoms with Crippen molar-refractivity contribution >= 4 is 17.4 Å². The van der Waals surface area contributed by atoms with Crippen molar-refractivity contribution in [3.63, 3.8) is 0 Å². The van der Waals surface area contributed by atoms with Gasteiger partial charge in [-0.2, -0.15) is 0 Å². The van der Waals surface area contributed by atoms with Crippen LogP contribution in [0.4, 0.5) is 0 Å². The van der Waals surface area contributed by atoms with Crippen LogP contribution in [0.25, 0.3) is 0 Å². The van der Waals surface area contributed by atoms with Crippen LogP contribution in [-0.4, -0.2) is 11.2 Å². The number of halogens is 1. The number of carbonyl (C=O) groups is 1. The van der Waals surface area contributed by atoms with Crippen molar-refractivity contribution in [3.05, 3.63) is 0 Å². The molecule has 2 rings (SSSR count). The van der Waals surface area contributed by atoms with E-state index in [4.69, 9.17) is 11.6 Å². The van der Waals surface area contributed by atoms with Crippen LogP contribution >= 0.6 is 11.6 Å². The number of alkyl halides is 1. The SMILES string of the molecule is CC1CC2CC1C(Cl)C2=O. The molecule has 0 radical (unpaired) electrons. The predicted molar refractivity (Wildman–Crippen MR) is 40.0 cm³/mol. The van der Waals surface area contributed by atoms with E-state index in [1.54, 1.807) is 0 Å². The van der Waals surface area contributed by atoms with Crippen molar-refractivity contribution in [2.24, 2.45) is 17.8 Å². The molecule has 0 aliphatic heterocycles. The van der Waals surface area contributed by atoms with Gasteiger partial charge in [0.1, 0.15) is 0 Å². The molecule has 0 heterocycles. The first-order valence-electron chi connectivity index (χ1n) is 3.88. The molecule has 4 atom stereocenters. The molecule has 0 amide bonds. The Morgan fingerprint density at radius 2 is 2.20 bits per heavy atom. The highest BCUT2D eigenvalue weighted by atomic mass is 35.5. The molecule has 2 fully saturated rings. The molecule has 2 heteroatoms. The third kappa shape index (κ3) is 0.672. The Morgan fingerprint density at radius 3 is 2.60 bits per heavy atom. The highest BCUT2D eigenvalue weighted by Gasteiger charge is 2.49. The third-order valence-electron chi connectivity index (χ3n) is 2.99. The minimum Gasteiger partial charge on any atom is -0.298 e. The predicted octanol–water partition coefficient (Wildman–Crippen LogP) is 1.84. The number of fused-ring (bicyclic) bond motifs is 2. The van der Waals surface area contributed by atoms with Crippen molar-refractivity contribution in [1.82, 2.24) is 0 Å². The second kappa shape index (κ2) is 1.97. The van der Waals surface area contributed by atoms with Gasteiger partial charge >= 0.3 is 0 Å². The first-order valence-corrected chi connectivity index (χ1v) is 4.31. The highest BCUT2D eigenvalue weighted by molar-refractivity contribution is 6.32. The van der Waals surface area contributed by atoms with Gasteiger partial charge in [0.2, 0.25) is 0 Å². The van der Waals surface area contributed by atoms with E-state index in [2.05, 4.69) is 6.92 Å². The lowest BCUT2D eigenvalue weighted by Gasteiger charge is -2.20. The minimum absolute atomic E-state index is 0.145. The largest absolute Gasteiger partial charge is 0.298 e. The van der Waals surface area contributed by atoms with Crippen LogP contribution in [-0.2, 0) is 4.79 Å². The number of ketones is 1. The zero-order chi connectivity index (χ0) is 7.30. The summed E-state index contributed by atoms with van der Waals surface area (Å²) < 4.78 is 0. The van der Waals surface area contributed by atoms with Crippen molar-refractivity contribution in [2.45, 2.75) is 25.1 Å². The van der Waals surface area contributed by atoms with E-state index in [0.29, 0.717) is 23.5 Å². The fourth-order valence-corrected chi connectivity index (χ4v) is 2.89. The molecular formula is C8H11ClO. The number of rotatable bonds is 0. The van der Waals surface area contributed by atoms with Crippen LogP contribution in [0.15, 0.2) is 0 Å². The molecule has 2 saturated carbocycles. The molecule has 2 bridgehead atoms. The van der Waals surface area contributed by atoms with E-state index in [1.807, 2.05) is 0 Å². The van der Waals surface area contributed by atoms with Gasteiger partial charge in [-0.1, -0.05) is 6.92 Å². The maximum Gasteiger partial charge on any atom is 0.154 e. The Hall–Kier alpha value is -0.0400. The Labute approximate surface area is 65.7 Å². The van der Waals surface area contributed by atoms with Crippen molar-refractivity contribution in [3.8, 4) is 0 Å². The summed E-state index contributed by atoms with van der Waals surface area (Å²) in [5.41, 5.74) is 0. The lowest BCUT2D eigenvalue weighted by molar-refractivity contribution is -0.121. The average Bonchev–Trinajstić information content (AvgIpc) is 2.36. The second-order valence-corrected chi connectivity index (χ2v) is 4.08. The monoisotopic (exact) mass is 158 g/mol. The average molecular weight is 159 g/mol. The van der Waals surface area contributed by atoms with Crippen molar-refractivity contribution < 1.29 is 4.79 Å². The standard InChI is InChI=1S/C8H11ClO/c1-4-2-5-3-6(4)7(9)8(5)10/h4-7H,2-3H2,1H3. The first kappa shape index (κ1) is 6.66. The Bertz CT molecular complexity index is 174. The summed E-state index contributed by atoms with van der Waals surface area (Å²) in [5, 5.41) is -0.145. The number of hydrogen-bond donors (Lipinski definition) is 0. The Kier molecular flexibility index (Phi) is 1.31. The molecule has 2 aliphatic rings. The lowest BCUT2D eigenvalue weighted by atomic mass is 9.89. The molecule has 0 aromatic heterocycles. The fraction of sp³-hybridized carbons (Fsp3) is 0.875. The normalized spacial score (nSPS) is 52.4. The van der Waals surface area contributed by atoms with E-state index in [1.165, 1.54) is 0 Å². The van der Waals surface area contributed by atoms with Gasteiger partial charge in [-0.25, -0.2) is 0 Å². The number of hydrogen-bond acceptors (Lipinski definition) is 1. The number of carbonyl (C=O) groups excluding carboxylic acids is 1. The van der Waals surface area contributed by atoms with E-state index in [9.17, 15) is 4.79 Å². The molecule has 0 saturated heterocycles. The summed E-state index contributed by atoms with van der Waals surface area (Å²) in [6.45, 7) is 2.20. The summed E-state index contributed by atoms with van der Waals surface area (Å²) in [6.07, 6.45) is 2.15. The van der Waals surface area contributed by atoms with Crippen molar-refractivity contribution in [1.29, 1.82) is 0 Å². The van der Waals surface area contributed by atoms with Crippen LogP contribution in [0.2, 0.25) is 0 Å². The summed E-state index contributed by atoms with van der Waals surface area (Å²) >= 11 is 5.90. The fourth-order valence-electron chi connectivity index (χ4n) is 2.36.